The van der Waals surface area contributed by atoms with E-state index in [4.69, 9.17) is 11.6 Å². The molecular weight excluding hydrogens is 248 g/mol. The maximum Gasteiger partial charge on any atom is 0.271 e. The molecule has 1 aromatic carbocycles. The summed E-state index contributed by atoms with van der Waals surface area (Å²) in [5.74, 6) is 0.986. The molecule has 2 atom stereocenters. The largest absolute Gasteiger partial charge is 0.271 e. The molecule has 0 aliphatic heterocycles. The molecule has 2 unspecified atom stereocenters. The number of allylic oxidation sites excluding steroid dienone is 2. The molecule has 1 N–H and O–H groups in total. The normalized spacial score (nSPS) is 26.8. The number of fused-ring (bicyclic) bond motifs is 1. The Labute approximate surface area is 111 Å². The Morgan fingerprint density at radius 2 is 2.11 bits per heavy atom. The zero-order valence-corrected chi connectivity index (χ0v) is 10.5. The lowest BCUT2D eigenvalue weighted by atomic mass is 9.74. The Kier molecular flexibility index (Phi) is 2.92. The Morgan fingerprint density at radius 1 is 1.33 bits per heavy atom. The van der Waals surface area contributed by atoms with E-state index >= 15 is 0 Å². The lowest BCUT2D eigenvalue weighted by Crippen LogP contribution is -2.35. The fourth-order valence-electron chi connectivity index (χ4n) is 2.45. The number of hydrogen-bond donors (Lipinski definition) is 1. The van der Waals surface area contributed by atoms with Gasteiger partial charge in [-0.1, -0.05) is 23.8 Å². The average Bonchev–Trinajstić information content (AvgIpc) is 2.72. The van der Waals surface area contributed by atoms with Crippen molar-refractivity contribution in [3.05, 3.63) is 47.0 Å². The molecule has 1 amide bonds. The van der Waals surface area contributed by atoms with Crippen LogP contribution in [0.15, 0.2) is 41.5 Å². The molecule has 3 nitrogen and oxygen atoms in total. The second kappa shape index (κ2) is 4.58. The van der Waals surface area contributed by atoms with E-state index in [1.807, 2.05) is 0 Å². The molecule has 0 saturated heterocycles. The maximum atomic E-state index is 11.8. The molecule has 0 radical (unpaired) electrons. The van der Waals surface area contributed by atoms with E-state index in [0.29, 0.717) is 22.4 Å². The van der Waals surface area contributed by atoms with Crippen LogP contribution < -0.4 is 5.43 Å². The van der Waals surface area contributed by atoms with E-state index in [9.17, 15) is 4.79 Å². The summed E-state index contributed by atoms with van der Waals surface area (Å²) in [6.07, 6.45) is 6.46. The molecule has 18 heavy (non-hydrogen) atoms. The predicted molar refractivity (Wildman–Crippen MR) is 71.7 cm³/mol. The molecule has 92 valence electrons. The van der Waals surface area contributed by atoms with Gasteiger partial charge in [0, 0.05) is 22.2 Å². The van der Waals surface area contributed by atoms with Crippen molar-refractivity contribution >= 4 is 23.2 Å². The molecule has 3 rings (SSSR count). The number of carbonyl (C=O) groups is 1. The first-order valence-corrected chi connectivity index (χ1v) is 6.41. The molecule has 1 aromatic rings. The van der Waals surface area contributed by atoms with Gasteiger partial charge in [0.1, 0.15) is 0 Å². The van der Waals surface area contributed by atoms with E-state index in [1.54, 1.807) is 24.3 Å². The van der Waals surface area contributed by atoms with Crippen molar-refractivity contribution in [2.45, 2.75) is 12.8 Å². The van der Waals surface area contributed by atoms with Gasteiger partial charge in [-0.25, -0.2) is 5.43 Å². The zero-order chi connectivity index (χ0) is 12.5. The molecule has 2 aliphatic carbocycles. The quantitative estimate of drug-likeness (QED) is 0.645. The van der Waals surface area contributed by atoms with E-state index in [-0.39, 0.29) is 5.91 Å². The number of hydrogen-bond acceptors (Lipinski definition) is 2. The highest BCUT2D eigenvalue weighted by molar-refractivity contribution is 6.30. The van der Waals surface area contributed by atoms with Crippen molar-refractivity contribution in [3.63, 3.8) is 0 Å². The number of carbonyl (C=O) groups excluding carboxylic acids is 1. The molecule has 0 aromatic heterocycles. The van der Waals surface area contributed by atoms with Crippen molar-refractivity contribution in [3.8, 4) is 0 Å². The van der Waals surface area contributed by atoms with Gasteiger partial charge >= 0.3 is 0 Å². The van der Waals surface area contributed by atoms with Crippen LogP contribution in [-0.4, -0.2) is 11.6 Å². The topological polar surface area (TPSA) is 41.5 Å². The summed E-state index contributed by atoms with van der Waals surface area (Å²) in [5, 5.41) is 4.84. The number of amides is 1. The van der Waals surface area contributed by atoms with Crippen molar-refractivity contribution in [2.75, 3.05) is 0 Å². The third kappa shape index (κ3) is 2.06. The van der Waals surface area contributed by atoms with Crippen molar-refractivity contribution in [2.24, 2.45) is 16.9 Å². The van der Waals surface area contributed by atoms with Gasteiger partial charge in [0.15, 0.2) is 0 Å². The minimum atomic E-state index is -0.187. The number of benzene rings is 1. The Morgan fingerprint density at radius 3 is 2.83 bits per heavy atom. The smallest absolute Gasteiger partial charge is 0.267 e. The van der Waals surface area contributed by atoms with Crippen LogP contribution in [0.2, 0.25) is 5.02 Å². The summed E-state index contributed by atoms with van der Waals surface area (Å²) in [7, 11) is 0. The van der Waals surface area contributed by atoms with Gasteiger partial charge < -0.3 is 0 Å². The predicted octanol–water partition coefficient (Wildman–Crippen LogP) is 3.02. The highest BCUT2D eigenvalue weighted by atomic mass is 35.5. The van der Waals surface area contributed by atoms with Crippen molar-refractivity contribution < 1.29 is 4.79 Å². The van der Waals surface area contributed by atoms with Crippen LogP contribution in [-0.2, 0) is 0 Å². The summed E-state index contributed by atoms with van der Waals surface area (Å²) in [4.78, 5) is 11.8. The van der Waals surface area contributed by atoms with E-state index in [0.717, 1.165) is 18.6 Å². The summed E-state index contributed by atoms with van der Waals surface area (Å²) in [6.45, 7) is 0. The van der Waals surface area contributed by atoms with Crippen molar-refractivity contribution in [1.29, 1.82) is 0 Å². The lowest BCUT2D eigenvalue weighted by molar-refractivity contribution is 0.0954. The van der Waals surface area contributed by atoms with Crippen molar-refractivity contribution in [1.82, 2.24) is 5.43 Å². The average molecular weight is 261 g/mol. The summed E-state index contributed by atoms with van der Waals surface area (Å²) >= 11 is 5.77. The number of hydrazone groups is 1. The Balaban J connectivity index is 1.62. The molecular formula is C14H13ClN2O. The summed E-state index contributed by atoms with van der Waals surface area (Å²) in [6, 6.07) is 6.78. The van der Waals surface area contributed by atoms with Gasteiger partial charge in [0.25, 0.3) is 5.91 Å². The van der Waals surface area contributed by atoms with Gasteiger partial charge in [-0.05, 0) is 43.0 Å². The first kappa shape index (κ1) is 11.5. The third-order valence-electron chi connectivity index (χ3n) is 3.57. The molecule has 2 aliphatic rings. The van der Waals surface area contributed by atoms with Gasteiger partial charge in [0.05, 0.1) is 0 Å². The van der Waals surface area contributed by atoms with Crippen LogP contribution in [0, 0.1) is 11.8 Å². The van der Waals surface area contributed by atoms with Crippen LogP contribution in [0.25, 0.3) is 0 Å². The summed E-state index contributed by atoms with van der Waals surface area (Å²) < 4.78 is 0. The zero-order valence-electron chi connectivity index (χ0n) is 9.77. The highest BCUT2D eigenvalue weighted by Gasteiger charge is 2.37. The highest BCUT2D eigenvalue weighted by Crippen LogP contribution is 2.40. The number of halogens is 1. The Bertz CT molecular complexity index is 533. The molecule has 0 bridgehead atoms. The second-order valence-electron chi connectivity index (χ2n) is 4.69. The van der Waals surface area contributed by atoms with Crippen LogP contribution in [0.4, 0.5) is 0 Å². The maximum absolute atomic E-state index is 11.8. The molecule has 4 heteroatoms. The first-order valence-electron chi connectivity index (χ1n) is 6.03. The van der Waals surface area contributed by atoms with Crippen LogP contribution >= 0.6 is 11.6 Å². The van der Waals surface area contributed by atoms with Gasteiger partial charge in [-0.15, -0.1) is 0 Å². The van der Waals surface area contributed by atoms with Gasteiger partial charge in [0.2, 0.25) is 0 Å². The van der Waals surface area contributed by atoms with Crippen LogP contribution in [0.1, 0.15) is 23.2 Å². The van der Waals surface area contributed by atoms with Gasteiger partial charge in [-0.2, -0.15) is 5.10 Å². The fourth-order valence-corrected chi connectivity index (χ4v) is 2.58. The number of nitrogens with one attached hydrogen (secondary N) is 1. The molecule has 0 spiro atoms. The minimum Gasteiger partial charge on any atom is -0.267 e. The van der Waals surface area contributed by atoms with Crippen LogP contribution in [0.5, 0.6) is 0 Å². The Hall–Kier alpha value is -1.61. The third-order valence-corrected chi connectivity index (χ3v) is 3.82. The lowest BCUT2D eigenvalue weighted by Gasteiger charge is -2.31. The molecule has 0 heterocycles. The minimum absolute atomic E-state index is 0.187. The van der Waals surface area contributed by atoms with E-state index in [2.05, 4.69) is 22.7 Å². The second-order valence-corrected chi connectivity index (χ2v) is 5.13. The van der Waals surface area contributed by atoms with Gasteiger partial charge in [-0.3, -0.25) is 4.79 Å². The first-order chi connectivity index (χ1) is 8.74. The van der Waals surface area contributed by atoms with E-state index in [1.165, 1.54) is 0 Å². The fraction of sp³-hybridized carbons (Fsp3) is 0.286. The molecule has 1 fully saturated rings. The number of nitrogens with zero attached hydrogens (tertiary/aromatic N) is 1. The van der Waals surface area contributed by atoms with E-state index < -0.39 is 0 Å². The molecule has 1 saturated carbocycles. The summed E-state index contributed by atoms with van der Waals surface area (Å²) in [5.41, 5.74) is 4.29. The standard InChI is InChI=1S/C14H13ClN2O/c15-11-6-4-9(5-7-11)14(18)17-16-13-8-10-2-1-3-12(10)13/h1-2,4-7,10,12H,3,8H2,(H,17,18)/b16-13-. The monoisotopic (exact) mass is 260 g/mol. The number of rotatable bonds is 2. The SMILES string of the molecule is O=C(N/N=C1/CC2C=CCC12)c1ccc(Cl)cc1. The van der Waals surface area contributed by atoms with Crippen LogP contribution in [0.3, 0.4) is 0 Å².